The molecular weight excluding hydrogens is 270 g/mol. The molecule has 3 aliphatic heterocycles. The Morgan fingerprint density at radius 2 is 1.95 bits per heavy atom. The number of hydrogen-bond donors (Lipinski definition) is 1. The SMILES string of the molecule is O=[N+]([O-])C1C(c2ccccc2)C12/C(=N/O)C1CCN2CC1. The second kappa shape index (κ2) is 4.27. The number of oxime groups is 1. The van der Waals surface area contributed by atoms with Gasteiger partial charge >= 0.3 is 0 Å². The van der Waals surface area contributed by atoms with Crippen molar-refractivity contribution in [2.45, 2.75) is 30.3 Å². The van der Waals surface area contributed by atoms with E-state index >= 15 is 0 Å². The van der Waals surface area contributed by atoms with Crippen LogP contribution in [0.1, 0.15) is 24.3 Å². The number of piperidine rings is 3. The van der Waals surface area contributed by atoms with Crippen LogP contribution < -0.4 is 0 Å². The number of nitrogens with zero attached hydrogens (tertiary/aromatic N) is 3. The van der Waals surface area contributed by atoms with Crippen LogP contribution in [0, 0.1) is 16.0 Å². The van der Waals surface area contributed by atoms with Crippen LogP contribution in [-0.2, 0) is 0 Å². The van der Waals surface area contributed by atoms with E-state index < -0.39 is 11.6 Å². The molecule has 0 aromatic heterocycles. The minimum Gasteiger partial charge on any atom is -0.411 e. The fourth-order valence-corrected chi connectivity index (χ4v) is 4.60. The second-order valence-corrected chi connectivity index (χ2v) is 6.19. The van der Waals surface area contributed by atoms with Gasteiger partial charge in [-0.15, -0.1) is 0 Å². The van der Waals surface area contributed by atoms with E-state index in [1.54, 1.807) is 0 Å². The summed E-state index contributed by atoms with van der Waals surface area (Å²) in [5, 5.41) is 24.6. The lowest BCUT2D eigenvalue weighted by Crippen LogP contribution is -2.60. The Morgan fingerprint density at radius 3 is 2.52 bits per heavy atom. The molecule has 1 aromatic rings. The summed E-state index contributed by atoms with van der Waals surface area (Å²) in [5.41, 5.74) is 0.907. The van der Waals surface area contributed by atoms with Gasteiger partial charge < -0.3 is 5.21 Å². The van der Waals surface area contributed by atoms with Gasteiger partial charge in [0.15, 0.2) is 0 Å². The quantitative estimate of drug-likeness (QED) is 0.510. The van der Waals surface area contributed by atoms with Crippen LogP contribution >= 0.6 is 0 Å². The molecule has 3 unspecified atom stereocenters. The van der Waals surface area contributed by atoms with E-state index in [0.29, 0.717) is 5.71 Å². The molecule has 1 spiro atoms. The van der Waals surface area contributed by atoms with Crippen molar-refractivity contribution in [1.29, 1.82) is 0 Å². The molecule has 3 saturated heterocycles. The smallest absolute Gasteiger partial charge is 0.246 e. The van der Waals surface area contributed by atoms with Gasteiger partial charge in [-0.3, -0.25) is 15.0 Å². The lowest BCUT2D eigenvalue weighted by molar-refractivity contribution is -0.501. The molecule has 6 heteroatoms. The minimum absolute atomic E-state index is 0.191. The van der Waals surface area contributed by atoms with E-state index in [9.17, 15) is 15.3 Å². The maximum absolute atomic E-state index is 11.6. The molecule has 5 rings (SSSR count). The highest BCUT2D eigenvalue weighted by atomic mass is 16.6. The molecule has 1 aliphatic carbocycles. The summed E-state index contributed by atoms with van der Waals surface area (Å²) in [7, 11) is 0. The first-order chi connectivity index (χ1) is 10.2. The lowest BCUT2D eigenvalue weighted by Gasteiger charge is -2.46. The van der Waals surface area contributed by atoms with Gasteiger partial charge in [-0.25, -0.2) is 0 Å². The maximum Gasteiger partial charge on any atom is 0.246 e. The van der Waals surface area contributed by atoms with Gasteiger partial charge in [-0.2, -0.15) is 0 Å². The third kappa shape index (κ3) is 1.48. The number of rotatable bonds is 2. The first-order valence-corrected chi connectivity index (χ1v) is 7.37. The summed E-state index contributed by atoms with van der Waals surface area (Å²) in [4.78, 5) is 13.6. The Bertz CT molecular complexity index is 610. The predicted octanol–water partition coefficient (Wildman–Crippen LogP) is 1.72. The van der Waals surface area contributed by atoms with Crippen LogP contribution in [0.4, 0.5) is 0 Å². The van der Waals surface area contributed by atoms with Gasteiger partial charge in [0, 0.05) is 10.8 Å². The van der Waals surface area contributed by atoms with Crippen molar-refractivity contribution < 1.29 is 10.1 Å². The van der Waals surface area contributed by atoms with Crippen LogP contribution in [-0.4, -0.2) is 45.4 Å². The van der Waals surface area contributed by atoms with Crippen molar-refractivity contribution in [3.05, 3.63) is 46.0 Å². The van der Waals surface area contributed by atoms with Crippen LogP contribution in [0.5, 0.6) is 0 Å². The molecule has 110 valence electrons. The third-order valence-corrected chi connectivity index (χ3v) is 5.44. The summed E-state index contributed by atoms with van der Waals surface area (Å²) < 4.78 is 0. The molecule has 1 N–H and O–H groups in total. The first-order valence-electron chi connectivity index (χ1n) is 7.37. The van der Waals surface area contributed by atoms with E-state index in [1.165, 1.54) is 0 Å². The average molecular weight is 287 g/mol. The van der Waals surface area contributed by atoms with Gasteiger partial charge in [0.25, 0.3) is 0 Å². The summed E-state index contributed by atoms with van der Waals surface area (Å²) in [6, 6.07) is 8.90. The molecule has 2 bridgehead atoms. The standard InChI is InChI=1S/C15H17N3O3/c19-16-13-11-6-8-17(9-7-11)15(13)12(14(15)18(20)21)10-4-2-1-3-5-10/h1-5,11-12,14,19H,6-9H2/b16-13+. The summed E-state index contributed by atoms with van der Waals surface area (Å²) in [6.07, 6.45) is 1.88. The predicted molar refractivity (Wildman–Crippen MR) is 76.2 cm³/mol. The molecule has 3 heterocycles. The summed E-state index contributed by atoms with van der Waals surface area (Å²) in [5.74, 6) is -0.0149. The topological polar surface area (TPSA) is 79.0 Å². The van der Waals surface area contributed by atoms with E-state index in [1.807, 2.05) is 30.3 Å². The fraction of sp³-hybridized carbons (Fsp3) is 0.533. The number of benzene rings is 1. The zero-order valence-corrected chi connectivity index (χ0v) is 11.6. The van der Waals surface area contributed by atoms with Crippen molar-refractivity contribution in [3.8, 4) is 0 Å². The normalized spacial score (nSPS) is 42.4. The van der Waals surface area contributed by atoms with Crippen molar-refractivity contribution in [1.82, 2.24) is 4.90 Å². The number of nitro groups is 1. The van der Waals surface area contributed by atoms with Crippen LogP contribution in [0.25, 0.3) is 0 Å². The second-order valence-electron chi connectivity index (χ2n) is 6.19. The molecule has 3 atom stereocenters. The zero-order valence-electron chi connectivity index (χ0n) is 11.6. The third-order valence-electron chi connectivity index (χ3n) is 5.44. The van der Waals surface area contributed by atoms with Gasteiger partial charge in [0.05, 0.1) is 11.6 Å². The van der Waals surface area contributed by atoms with Crippen LogP contribution in [0.3, 0.4) is 0 Å². The Balaban J connectivity index is 1.83. The Kier molecular flexibility index (Phi) is 2.60. The monoisotopic (exact) mass is 287 g/mol. The molecule has 1 aromatic carbocycles. The number of hydrogen-bond acceptors (Lipinski definition) is 5. The van der Waals surface area contributed by atoms with Crippen molar-refractivity contribution >= 4 is 5.71 Å². The van der Waals surface area contributed by atoms with E-state index in [2.05, 4.69) is 10.1 Å². The summed E-state index contributed by atoms with van der Waals surface area (Å²) in [6.45, 7) is 1.72. The van der Waals surface area contributed by atoms with Crippen LogP contribution in [0.2, 0.25) is 0 Å². The van der Waals surface area contributed by atoms with E-state index in [4.69, 9.17) is 0 Å². The Morgan fingerprint density at radius 1 is 1.29 bits per heavy atom. The molecule has 6 nitrogen and oxygen atoms in total. The highest BCUT2D eigenvalue weighted by molar-refractivity contribution is 6.02. The Labute approximate surface area is 122 Å². The van der Waals surface area contributed by atoms with Gasteiger partial charge in [0.1, 0.15) is 5.54 Å². The minimum atomic E-state index is -0.700. The summed E-state index contributed by atoms with van der Waals surface area (Å²) >= 11 is 0. The molecule has 1 saturated carbocycles. The highest BCUT2D eigenvalue weighted by Crippen LogP contribution is 2.62. The van der Waals surface area contributed by atoms with Gasteiger partial charge in [-0.05, 0) is 31.5 Å². The largest absolute Gasteiger partial charge is 0.411 e. The van der Waals surface area contributed by atoms with Gasteiger partial charge in [0.2, 0.25) is 6.04 Å². The van der Waals surface area contributed by atoms with E-state index in [-0.39, 0.29) is 16.8 Å². The Hall–Kier alpha value is -1.95. The fourth-order valence-electron chi connectivity index (χ4n) is 4.60. The van der Waals surface area contributed by atoms with E-state index in [0.717, 1.165) is 31.5 Å². The average Bonchev–Trinajstić information content (AvgIpc) is 3.19. The van der Waals surface area contributed by atoms with Crippen molar-refractivity contribution in [3.63, 3.8) is 0 Å². The van der Waals surface area contributed by atoms with Crippen molar-refractivity contribution in [2.24, 2.45) is 11.1 Å². The zero-order chi connectivity index (χ0) is 14.6. The number of fused-ring (bicyclic) bond motifs is 2. The van der Waals surface area contributed by atoms with Crippen LogP contribution in [0.15, 0.2) is 35.5 Å². The molecular formula is C15H17N3O3. The highest BCUT2D eigenvalue weighted by Gasteiger charge is 2.82. The lowest BCUT2D eigenvalue weighted by atomic mass is 9.78. The molecule has 0 radical (unpaired) electrons. The molecule has 4 fully saturated rings. The molecule has 0 amide bonds. The maximum atomic E-state index is 11.6. The van der Waals surface area contributed by atoms with Gasteiger partial charge in [-0.1, -0.05) is 35.5 Å². The molecule has 4 aliphatic rings. The molecule has 21 heavy (non-hydrogen) atoms. The first kappa shape index (κ1) is 12.8. The van der Waals surface area contributed by atoms with Crippen molar-refractivity contribution in [2.75, 3.05) is 13.1 Å².